The third-order valence-electron chi connectivity index (χ3n) is 2.20. The molecule has 0 radical (unpaired) electrons. The Balaban J connectivity index is 2.52. The smallest absolute Gasteiger partial charge is 0.336 e. The second-order valence-electron chi connectivity index (χ2n) is 4.49. The first-order valence-electron chi connectivity index (χ1n) is 6.09. The fourth-order valence-corrected chi connectivity index (χ4v) is 2.13. The molecule has 0 heterocycles. The van der Waals surface area contributed by atoms with Crippen LogP contribution in [0, 0.1) is 0 Å². The fraction of sp³-hybridized carbons (Fsp3) is 0.385. The van der Waals surface area contributed by atoms with Crippen LogP contribution in [0.2, 0.25) is 0 Å². The van der Waals surface area contributed by atoms with Crippen molar-refractivity contribution in [1.82, 2.24) is 10.6 Å². The molecule has 4 nitrogen and oxygen atoms in total. The van der Waals surface area contributed by atoms with Gasteiger partial charge in [-0.2, -0.15) is 13.2 Å². The maximum Gasteiger partial charge on any atom is 0.416 e. The lowest BCUT2D eigenvalue weighted by molar-refractivity contribution is -0.137. The van der Waals surface area contributed by atoms with Gasteiger partial charge in [0.1, 0.15) is 0 Å². The Kier molecular flexibility index (Phi) is 6.07. The summed E-state index contributed by atoms with van der Waals surface area (Å²) in [5, 5.41) is 4.57. The van der Waals surface area contributed by atoms with Crippen LogP contribution in [0.15, 0.2) is 29.2 Å². The van der Waals surface area contributed by atoms with Gasteiger partial charge in [-0.3, -0.25) is 10.1 Å². The molecule has 1 aromatic carbocycles. The van der Waals surface area contributed by atoms with Crippen LogP contribution in [-0.2, 0) is 11.0 Å². The Morgan fingerprint density at radius 3 is 2.52 bits per heavy atom. The Morgan fingerprint density at radius 2 is 1.95 bits per heavy atom. The Hall–Kier alpha value is -1.70. The van der Waals surface area contributed by atoms with Crippen molar-refractivity contribution in [2.75, 3.05) is 5.75 Å². The van der Waals surface area contributed by atoms with Gasteiger partial charge < -0.3 is 5.32 Å². The van der Waals surface area contributed by atoms with Gasteiger partial charge in [0.15, 0.2) is 0 Å². The molecule has 21 heavy (non-hydrogen) atoms. The number of hydrogen-bond donors (Lipinski definition) is 2. The number of halogens is 3. The summed E-state index contributed by atoms with van der Waals surface area (Å²) in [6.07, 6.45) is -4.42. The first kappa shape index (κ1) is 17.4. The number of urea groups is 1. The Labute approximate surface area is 124 Å². The lowest BCUT2D eigenvalue weighted by atomic mass is 10.2. The van der Waals surface area contributed by atoms with Crippen LogP contribution in [0.1, 0.15) is 19.4 Å². The van der Waals surface area contributed by atoms with Crippen LogP contribution >= 0.6 is 11.8 Å². The normalized spacial score (nSPS) is 11.3. The molecule has 0 unspecified atom stereocenters. The quantitative estimate of drug-likeness (QED) is 0.839. The van der Waals surface area contributed by atoms with Gasteiger partial charge in [0.2, 0.25) is 5.91 Å². The first-order chi connectivity index (χ1) is 9.68. The minimum Gasteiger partial charge on any atom is -0.336 e. The van der Waals surface area contributed by atoms with Gasteiger partial charge >= 0.3 is 12.2 Å². The second-order valence-corrected chi connectivity index (χ2v) is 5.54. The molecule has 3 amide bonds. The third-order valence-corrected chi connectivity index (χ3v) is 3.20. The highest BCUT2D eigenvalue weighted by Crippen LogP contribution is 2.31. The van der Waals surface area contributed by atoms with Crippen molar-refractivity contribution in [3.8, 4) is 0 Å². The first-order valence-corrected chi connectivity index (χ1v) is 7.07. The molecular weight excluding hydrogens is 305 g/mol. The van der Waals surface area contributed by atoms with E-state index in [0.717, 1.165) is 23.9 Å². The van der Waals surface area contributed by atoms with Crippen LogP contribution in [0.3, 0.4) is 0 Å². The highest BCUT2D eigenvalue weighted by molar-refractivity contribution is 8.00. The van der Waals surface area contributed by atoms with Gasteiger partial charge in [-0.05, 0) is 32.0 Å². The summed E-state index contributed by atoms with van der Waals surface area (Å²) in [7, 11) is 0. The van der Waals surface area contributed by atoms with E-state index in [9.17, 15) is 22.8 Å². The van der Waals surface area contributed by atoms with E-state index < -0.39 is 23.7 Å². The molecular formula is C13H15F3N2O2S. The van der Waals surface area contributed by atoms with Gasteiger partial charge in [0.05, 0.1) is 11.3 Å². The van der Waals surface area contributed by atoms with E-state index in [4.69, 9.17) is 0 Å². The average Bonchev–Trinajstić information content (AvgIpc) is 2.34. The zero-order valence-electron chi connectivity index (χ0n) is 11.5. The molecule has 116 valence electrons. The van der Waals surface area contributed by atoms with Gasteiger partial charge in [-0.1, -0.05) is 6.07 Å². The van der Waals surface area contributed by atoms with Crippen LogP contribution in [0.25, 0.3) is 0 Å². The molecule has 2 N–H and O–H groups in total. The van der Waals surface area contributed by atoms with Crippen LogP contribution in [0.5, 0.6) is 0 Å². The summed E-state index contributed by atoms with van der Waals surface area (Å²) in [5.41, 5.74) is -0.773. The average molecular weight is 320 g/mol. The number of nitrogens with one attached hydrogen (secondary N) is 2. The molecule has 0 aliphatic carbocycles. The molecule has 1 rings (SSSR count). The van der Waals surface area contributed by atoms with Gasteiger partial charge in [0.25, 0.3) is 0 Å². The topological polar surface area (TPSA) is 58.2 Å². The lowest BCUT2D eigenvalue weighted by Crippen LogP contribution is -2.43. The minimum atomic E-state index is -4.42. The van der Waals surface area contributed by atoms with Gasteiger partial charge in [-0.15, -0.1) is 11.8 Å². The summed E-state index contributed by atoms with van der Waals surface area (Å²) in [5.74, 6) is -0.720. The van der Waals surface area contributed by atoms with Gasteiger partial charge in [-0.25, -0.2) is 4.79 Å². The number of hydrogen-bond acceptors (Lipinski definition) is 3. The van der Waals surface area contributed by atoms with Crippen molar-refractivity contribution < 1.29 is 22.8 Å². The predicted molar refractivity (Wildman–Crippen MR) is 74.0 cm³/mol. The third kappa shape index (κ3) is 6.52. The van der Waals surface area contributed by atoms with Crippen LogP contribution in [0.4, 0.5) is 18.0 Å². The molecule has 0 aliphatic heterocycles. The molecule has 0 bridgehead atoms. The fourth-order valence-electron chi connectivity index (χ4n) is 1.37. The highest BCUT2D eigenvalue weighted by atomic mass is 32.2. The minimum absolute atomic E-state index is 0.117. The van der Waals surface area contributed by atoms with E-state index in [2.05, 4.69) is 10.6 Å². The van der Waals surface area contributed by atoms with Crippen molar-refractivity contribution in [1.29, 1.82) is 0 Å². The summed E-state index contributed by atoms with van der Waals surface area (Å²) in [4.78, 5) is 23.0. The number of thioether (sulfide) groups is 1. The SMILES string of the molecule is CC(C)NC(=O)NC(=O)CSc1cccc(C(F)(F)F)c1. The zero-order valence-corrected chi connectivity index (χ0v) is 12.3. The summed E-state index contributed by atoms with van der Waals surface area (Å²) < 4.78 is 37.6. The van der Waals surface area contributed by atoms with Crippen molar-refractivity contribution in [3.05, 3.63) is 29.8 Å². The standard InChI is InChI=1S/C13H15F3N2O2S/c1-8(2)17-12(20)18-11(19)7-21-10-5-3-4-9(6-10)13(14,15)16/h3-6,8H,7H2,1-2H3,(H2,17,18,19,20). The number of imide groups is 1. The number of benzene rings is 1. The van der Waals surface area contributed by atoms with E-state index in [1.54, 1.807) is 13.8 Å². The molecule has 0 saturated heterocycles. The lowest BCUT2D eigenvalue weighted by Gasteiger charge is -2.10. The largest absolute Gasteiger partial charge is 0.416 e. The van der Waals surface area contributed by atoms with Crippen LogP contribution in [-0.4, -0.2) is 23.7 Å². The molecule has 0 aliphatic rings. The van der Waals surface area contributed by atoms with Crippen molar-refractivity contribution in [3.63, 3.8) is 0 Å². The van der Waals surface area contributed by atoms with Crippen molar-refractivity contribution >= 4 is 23.7 Å². The number of carbonyl (C=O) groups excluding carboxylic acids is 2. The van der Waals surface area contributed by atoms with Crippen LogP contribution < -0.4 is 10.6 Å². The number of alkyl halides is 3. The number of rotatable bonds is 4. The van der Waals surface area contributed by atoms with Crippen molar-refractivity contribution in [2.24, 2.45) is 0 Å². The predicted octanol–water partition coefficient (Wildman–Crippen LogP) is 3.03. The molecule has 8 heteroatoms. The summed E-state index contributed by atoms with van der Waals surface area (Å²) >= 11 is 0.928. The molecule has 1 aromatic rings. The van der Waals surface area contributed by atoms with E-state index >= 15 is 0 Å². The molecule has 0 atom stereocenters. The maximum atomic E-state index is 12.5. The molecule has 0 aromatic heterocycles. The molecule has 0 fully saturated rings. The summed E-state index contributed by atoms with van der Waals surface area (Å²) in [6.45, 7) is 3.48. The van der Waals surface area contributed by atoms with Gasteiger partial charge in [0, 0.05) is 10.9 Å². The summed E-state index contributed by atoms with van der Waals surface area (Å²) in [6, 6.07) is 3.93. The van der Waals surface area contributed by atoms with E-state index in [1.165, 1.54) is 12.1 Å². The monoisotopic (exact) mass is 320 g/mol. The molecule has 0 spiro atoms. The number of amides is 3. The zero-order chi connectivity index (χ0) is 16.0. The van der Waals surface area contributed by atoms with E-state index in [1.807, 2.05) is 0 Å². The highest BCUT2D eigenvalue weighted by Gasteiger charge is 2.30. The molecule has 0 saturated carbocycles. The second kappa shape index (κ2) is 7.35. The Bertz CT molecular complexity index is 518. The Morgan fingerprint density at radius 1 is 1.29 bits per heavy atom. The van der Waals surface area contributed by atoms with E-state index in [0.29, 0.717) is 4.90 Å². The maximum absolute atomic E-state index is 12.5. The van der Waals surface area contributed by atoms with E-state index in [-0.39, 0.29) is 11.8 Å². The van der Waals surface area contributed by atoms with Crippen molar-refractivity contribution in [2.45, 2.75) is 31.0 Å². The number of carbonyl (C=O) groups is 2.